The van der Waals surface area contributed by atoms with E-state index >= 15 is 0 Å². The summed E-state index contributed by atoms with van der Waals surface area (Å²) in [6, 6.07) is 8.66. The monoisotopic (exact) mass is 327 g/mol. The molecule has 1 atom stereocenters. The van der Waals surface area contributed by atoms with Gasteiger partial charge in [-0.1, -0.05) is 28.1 Å². The predicted molar refractivity (Wildman–Crippen MR) is 81.3 cm³/mol. The van der Waals surface area contributed by atoms with Gasteiger partial charge in [0.25, 0.3) is 6.47 Å². The molecule has 1 heterocycles. The molecule has 0 spiro atoms. The fraction of sp³-hybridized carbons (Fsp3) is 0.533. The third-order valence-electron chi connectivity index (χ3n) is 2.80. The van der Waals surface area contributed by atoms with E-state index in [-0.39, 0.29) is 5.60 Å². The zero-order chi connectivity index (χ0) is 14.3. The van der Waals surface area contributed by atoms with Crippen molar-refractivity contribution in [3.8, 4) is 0 Å². The minimum Gasteiger partial charge on any atom is -0.462 e. The maximum absolute atomic E-state index is 9.60. The Hall–Kier alpha value is -0.870. The summed E-state index contributed by atoms with van der Waals surface area (Å²) in [6.07, 6.45) is 1.28. The average molecular weight is 328 g/mol. The van der Waals surface area contributed by atoms with Gasteiger partial charge in [-0.05, 0) is 57.4 Å². The van der Waals surface area contributed by atoms with E-state index < -0.39 is 0 Å². The highest BCUT2D eigenvalue weighted by atomic mass is 79.9. The normalized spacial score (nSPS) is 18.4. The maximum Gasteiger partial charge on any atom is 0.293 e. The van der Waals surface area contributed by atoms with Crippen LogP contribution in [0.25, 0.3) is 0 Å². The van der Waals surface area contributed by atoms with Crippen LogP contribution in [-0.4, -0.2) is 25.2 Å². The van der Waals surface area contributed by atoms with E-state index in [1.165, 1.54) is 18.5 Å². The van der Waals surface area contributed by atoms with Crippen LogP contribution in [0, 0.1) is 0 Å². The van der Waals surface area contributed by atoms with Crippen molar-refractivity contribution in [3.05, 3.63) is 34.3 Å². The molecule has 1 unspecified atom stereocenters. The Balaban J connectivity index is 0.000000224. The SMILES string of the molecule is Brc1ccc(C2CCNC2)cc1.CC(C)(C)OC=O. The van der Waals surface area contributed by atoms with Crippen molar-refractivity contribution in [3.63, 3.8) is 0 Å². The van der Waals surface area contributed by atoms with E-state index in [0.29, 0.717) is 6.47 Å². The second-order valence-corrected chi connectivity index (χ2v) is 6.48. The Morgan fingerprint density at radius 2 is 1.95 bits per heavy atom. The average Bonchev–Trinajstić information content (AvgIpc) is 2.83. The van der Waals surface area contributed by atoms with Crippen molar-refractivity contribution >= 4 is 22.4 Å². The Kier molecular flexibility index (Phi) is 6.52. The topological polar surface area (TPSA) is 38.3 Å². The number of halogens is 1. The molecule has 1 fully saturated rings. The van der Waals surface area contributed by atoms with E-state index in [4.69, 9.17) is 0 Å². The molecule has 1 aromatic rings. The largest absolute Gasteiger partial charge is 0.462 e. The Morgan fingerprint density at radius 1 is 1.32 bits per heavy atom. The first-order chi connectivity index (χ1) is 8.92. The summed E-state index contributed by atoms with van der Waals surface area (Å²) in [5, 5.41) is 3.37. The highest BCUT2D eigenvalue weighted by molar-refractivity contribution is 9.10. The van der Waals surface area contributed by atoms with Gasteiger partial charge in [-0.3, -0.25) is 4.79 Å². The van der Waals surface area contributed by atoms with Gasteiger partial charge in [0.1, 0.15) is 5.60 Å². The molecule has 0 aromatic heterocycles. The van der Waals surface area contributed by atoms with E-state index in [2.05, 4.69) is 50.2 Å². The van der Waals surface area contributed by atoms with Crippen LogP contribution >= 0.6 is 15.9 Å². The molecule has 1 aliphatic heterocycles. The number of carbonyl (C=O) groups excluding carboxylic acids is 1. The number of rotatable bonds is 2. The van der Waals surface area contributed by atoms with Crippen LogP contribution in [0.1, 0.15) is 38.7 Å². The van der Waals surface area contributed by atoms with Gasteiger partial charge in [-0.25, -0.2) is 0 Å². The summed E-state index contributed by atoms with van der Waals surface area (Å²) in [5.74, 6) is 0.734. The van der Waals surface area contributed by atoms with E-state index in [1.807, 2.05) is 20.8 Å². The van der Waals surface area contributed by atoms with Crippen LogP contribution < -0.4 is 5.32 Å². The minimum absolute atomic E-state index is 0.318. The van der Waals surface area contributed by atoms with Gasteiger partial charge in [0, 0.05) is 11.0 Å². The highest BCUT2D eigenvalue weighted by Gasteiger charge is 2.15. The van der Waals surface area contributed by atoms with Gasteiger partial charge in [-0.15, -0.1) is 0 Å². The van der Waals surface area contributed by atoms with Gasteiger partial charge in [0.05, 0.1) is 0 Å². The third-order valence-corrected chi connectivity index (χ3v) is 3.33. The van der Waals surface area contributed by atoms with Crippen molar-refractivity contribution in [2.75, 3.05) is 13.1 Å². The van der Waals surface area contributed by atoms with Crippen LogP contribution in [0.3, 0.4) is 0 Å². The summed E-state index contributed by atoms with van der Waals surface area (Å²) in [6.45, 7) is 8.23. The molecule has 0 radical (unpaired) electrons. The van der Waals surface area contributed by atoms with Crippen molar-refractivity contribution in [1.29, 1.82) is 0 Å². The first-order valence-corrected chi connectivity index (χ1v) is 7.29. The second kappa shape index (κ2) is 7.65. The molecule has 3 nitrogen and oxygen atoms in total. The molecule has 19 heavy (non-hydrogen) atoms. The van der Waals surface area contributed by atoms with Crippen molar-refractivity contribution in [2.24, 2.45) is 0 Å². The molecule has 4 heteroatoms. The molecular formula is C15H22BrNO2. The molecule has 0 bridgehead atoms. The van der Waals surface area contributed by atoms with Crippen molar-refractivity contribution < 1.29 is 9.53 Å². The first kappa shape index (κ1) is 16.2. The zero-order valence-corrected chi connectivity index (χ0v) is 13.4. The number of ether oxygens (including phenoxy) is 1. The molecule has 106 valence electrons. The van der Waals surface area contributed by atoms with E-state index in [1.54, 1.807) is 0 Å². The second-order valence-electron chi connectivity index (χ2n) is 5.57. The summed E-state index contributed by atoms with van der Waals surface area (Å²) in [7, 11) is 0. The van der Waals surface area contributed by atoms with Crippen molar-refractivity contribution in [2.45, 2.75) is 38.7 Å². The van der Waals surface area contributed by atoms with Crippen LogP contribution in [0.15, 0.2) is 28.7 Å². The zero-order valence-electron chi connectivity index (χ0n) is 11.8. The fourth-order valence-electron chi connectivity index (χ4n) is 1.82. The molecular weight excluding hydrogens is 306 g/mol. The molecule has 1 saturated heterocycles. The molecule has 1 aromatic carbocycles. The molecule has 0 aliphatic carbocycles. The number of carbonyl (C=O) groups is 1. The lowest BCUT2D eigenvalue weighted by Crippen LogP contribution is -2.17. The number of hydrogen-bond donors (Lipinski definition) is 1. The van der Waals surface area contributed by atoms with Gasteiger partial charge in [0.15, 0.2) is 0 Å². The lowest BCUT2D eigenvalue weighted by atomic mass is 9.99. The Bertz CT molecular complexity index is 378. The highest BCUT2D eigenvalue weighted by Crippen LogP contribution is 2.23. The lowest BCUT2D eigenvalue weighted by Gasteiger charge is -2.14. The quantitative estimate of drug-likeness (QED) is 0.845. The molecule has 1 aliphatic rings. The predicted octanol–water partition coefficient (Wildman–Crippen LogP) is 3.48. The molecule has 1 N–H and O–H groups in total. The van der Waals surface area contributed by atoms with Crippen LogP contribution in [0.5, 0.6) is 0 Å². The first-order valence-electron chi connectivity index (χ1n) is 6.50. The Labute approximate surface area is 123 Å². The van der Waals surface area contributed by atoms with Gasteiger partial charge >= 0.3 is 0 Å². The summed E-state index contributed by atoms with van der Waals surface area (Å²) < 4.78 is 5.71. The number of nitrogens with one attached hydrogen (secondary N) is 1. The summed E-state index contributed by atoms with van der Waals surface area (Å²) in [5.41, 5.74) is 1.14. The molecule has 0 amide bonds. The molecule has 0 saturated carbocycles. The number of hydrogen-bond acceptors (Lipinski definition) is 3. The standard InChI is InChI=1S/C10H12BrN.C5H10O2/c11-10-3-1-8(2-4-10)9-5-6-12-7-9;1-5(2,3)7-4-6/h1-4,9,12H,5-7H2;4H,1-3H3. The van der Waals surface area contributed by atoms with Crippen LogP contribution in [0.4, 0.5) is 0 Å². The van der Waals surface area contributed by atoms with Gasteiger partial charge in [0.2, 0.25) is 0 Å². The number of benzene rings is 1. The van der Waals surface area contributed by atoms with E-state index in [0.717, 1.165) is 16.9 Å². The summed E-state index contributed by atoms with van der Waals surface area (Å²) in [4.78, 5) is 9.60. The smallest absolute Gasteiger partial charge is 0.293 e. The maximum atomic E-state index is 9.60. The lowest BCUT2D eigenvalue weighted by molar-refractivity contribution is -0.138. The fourth-order valence-corrected chi connectivity index (χ4v) is 2.08. The molecule has 2 rings (SSSR count). The van der Waals surface area contributed by atoms with Gasteiger partial charge < -0.3 is 10.1 Å². The van der Waals surface area contributed by atoms with E-state index in [9.17, 15) is 4.79 Å². The third kappa shape index (κ3) is 6.73. The van der Waals surface area contributed by atoms with Gasteiger partial charge in [-0.2, -0.15) is 0 Å². The van der Waals surface area contributed by atoms with Crippen LogP contribution in [0.2, 0.25) is 0 Å². The van der Waals surface area contributed by atoms with Crippen LogP contribution in [-0.2, 0) is 9.53 Å². The minimum atomic E-state index is -0.318. The summed E-state index contributed by atoms with van der Waals surface area (Å²) >= 11 is 3.44. The van der Waals surface area contributed by atoms with Crippen molar-refractivity contribution in [1.82, 2.24) is 5.32 Å². The Morgan fingerprint density at radius 3 is 2.32 bits per heavy atom.